The van der Waals surface area contributed by atoms with Crippen molar-refractivity contribution in [1.82, 2.24) is 28.2 Å². The van der Waals surface area contributed by atoms with Gasteiger partial charge < -0.3 is 38.4 Å². The van der Waals surface area contributed by atoms with Gasteiger partial charge in [0.05, 0.1) is 18.4 Å². The average molecular weight is 1230 g/mol. The van der Waals surface area contributed by atoms with Gasteiger partial charge in [0.25, 0.3) is 22.8 Å². The first-order chi connectivity index (χ1) is 39.1. The summed E-state index contributed by atoms with van der Waals surface area (Å²) in [7, 11) is 1.25. The molecule has 0 saturated heterocycles. The first-order valence-electron chi connectivity index (χ1n) is 26.6. The molecule has 0 atom stereocenters. The van der Waals surface area contributed by atoms with Gasteiger partial charge in [-0.25, -0.2) is 9.78 Å². The van der Waals surface area contributed by atoms with Crippen LogP contribution in [0.1, 0.15) is 98.7 Å². The second kappa shape index (κ2) is 25.5. The number of nitrogens with zero attached hydrogens (tertiary/aromatic N) is 4. The largest absolute Gasteiger partial charge is 0.466 e. The van der Waals surface area contributed by atoms with Crippen LogP contribution in [-0.4, -0.2) is 59.5 Å². The summed E-state index contributed by atoms with van der Waals surface area (Å²) < 4.78 is 17.5. The van der Waals surface area contributed by atoms with Crippen molar-refractivity contribution in [2.45, 2.75) is 80.1 Å². The van der Waals surface area contributed by atoms with Crippen molar-refractivity contribution >= 4 is 79.5 Å². The first-order valence-corrected chi connectivity index (χ1v) is 29.5. The molecule has 0 saturated carbocycles. The highest BCUT2D eigenvalue weighted by Crippen LogP contribution is 2.36. The Labute approximate surface area is 490 Å². The van der Waals surface area contributed by atoms with E-state index in [4.69, 9.17) is 10.5 Å². The van der Waals surface area contributed by atoms with E-state index in [1.54, 1.807) is 35.8 Å². The number of rotatable bonds is 16. The number of primary amides is 1. The lowest BCUT2D eigenvalue weighted by atomic mass is 9.96. The third-order valence-corrected chi connectivity index (χ3v) is 17.0. The zero-order valence-corrected chi connectivity index (χ0v) is 49.9. The number of nitrogens with two attached hydrogens (primary N) is 1. The smallest absolute Gasteiger partial charge is 0.343 e. The minimum Gasteiger partial charge on any atom is -0.466 e. The molecule has 11 aromatic rings. The molecule has 0 aliphatic heterocycles. The van der Waals surface area contributed by atoms with Gasteiger partial charge in [0, 0.05) is 79.6 Å². The summed E-state index contributed by atoms with van der Waals surface area (Å²) >= 11 is 5.78. The van der Waals surface area contributed by atoms with Crippen LogP contribution in [0.3, 0.4) is 0 Å². The van der Waals surface area contributed by atoms with E-state index in [1.165, 1.54) is 54.8 Å². The third-order valence-electron chi connectivity index (χ3n) is 14.2. The Hall–Kier alpha value is -8.13. The molecule has 0 spiro atoms. The van der Waals surface area contributed by atoms with Crippen LogP contribution in [0.15, 0.2) is 148 Å². The van der Waals surface area contributed by atoms with Gasteiger partial charge in [0.15, 0.2) is 6.61 Å². The topological polar surface area (TPSA) is 188 Å². The fraction of sp³-hybridized carbons (Fsp3) is 0.219. The van der Waals surface area contributed by atoms with Gasteiger partial charge in [-0.3, -0.25) is 19.2 Å². The molecule has 4 N–H and O–H groups in total. The monoisotopic (exact) mass is 1230 g/mol. The summed E-state index contributed by atoms with van der Waals surface area (Å²) in [5, 5.41) is 4.14. The number of carbonyl (C=O) groups is 3. The van der Waals surface area contributed by atoms with Gasteiger partial charge in [-0.15, -0.1) is 22.7 Å². The highest BCUT2D eigenvalue weighted by Gasteiger charge is 2.30. The molecule has 8 heterocycles. The van der Waals surface area contributed by atoms with Crippen molar-refractivity contribution in [3.63, 3.8) is 0 Å². The molecular weight excluding hydrogens is 1170 g/mol. The van der Waals surface area contributed by atoms with E-state index in [9.17, 15) is 24.0 Å². The first kappa shape index (κ1) is 57.6. The number of aromatic amines is 2. The van der Waals surface area contributed by atoms with E-state index in [-0.39, 0.29) is 22.6 Å². The predicted octanol–water partition coefficient (Wildman–Crippen LogP) is 12.3. The maximum atomic E-state index is 13.0. The van der Waals surface area contributed by atoms with Crippen molar-refractivity contribution in [1.29, 1.82) is 0 Å². The number of esters is 1. The lowest BCUT2D eigenvalue weighted by Crippen LogP contribution is -2.24. The van der Waals surface area contributed by atoms with Gasteiger partial charge in [-0.2, -0.15) is 0 Å². The summed E-state index contributed by atoms with van der Waals surface area (Å²) in [6.07, 6.45) is 10.3. The minimum atomic E-state index is -1.07. The highest BCUT2D eigenvalue weighted by molar-refractivity contribution is 14.1. The van der Waals surface area contributed by atoms with Gasteiger partial charge in [-0.1, -0.05) is 99.6 Å². The number of Topliss-reactive ketones (excluding diaryl/α,β-unsaturated/α-hetero) is 1. The number of carbonyl (C=O) groups excluding carboxylic acids is 3. The van der Waals surface area contributed by atoms with Crippen LogP contribution in [0, 0.1) is 24.3 Å². The van der Waals surface area contributed by atoms with Crippen LogP contribution in [0.25, 0.3) is 37.4 Å². The number of methoxy groups -OCH3 is 1. The molecule has 0 unspecified atom stereocenters. The van der Waals surface area contributed by atoms with Crippen LogP contribution in [0.2, 0.25) is 0 Å². The summed E-state index contributed by atoms with van der Waals surface area (Å²) in [6.45, 7) is 11.4. The molecule has 0 bridgehead atoms. The van der Waals surface area contributed by atoms with Crippen molar-refractivity contribution in [2.24, 2.45) is 5.73 Å². The van der Waals surface area contributed by atoms with Gasteiger partial charge in [-0.05, 0) is 148 Å². The summed E-state index contributed by atoms with van der Waals surface area (Å²) in [5.41, 5.74) is 22.1. The predicted molar refractivity (Wildman–Crippen MR) is 332 cm³/mol. The number of ether oxygens (including phenoxy) is 2. The van der Waals surface area contributed by atoms with Crippen molar-refractivity contribution in [2.75, 3.05) is 13.7 Å². The lowest BCUT2D eigenvalue weighted by molar-refractivity contribution is -0.143. The summed E-state index contributed by atoms with van der Waals surface area (Å²) in [4.78, 5) is 73.8. The number of fused-ring (bicyclic) bond motifs is 3. The average Bonchev–Trinajstić information content (AvgIpc) is 4.53. The Bertz CT molecular complexity index is 4220. The second-order valence-electron chi connectivity index (χ2n) is 19.5. The lowest BCUT2D eigenvalue weighted by Gasteiger charge is -2.12. The number of benzene rings is 3. The third kappa shape index (κ3) is 12.5. The number of H-pyrrole nitrogens is 2. The number of hydrogen-bond donors (Lipinski definition) is 3. The quantitative estimate of drug-likeness (QED) is 0.0369. The van der Waals surface area contributed by atoms with Crippen LogP contribution in [-0.2, 0) is 52.9 Å². The molecule has 414 valence electrons. The molecular formula is C64H62IN7O7S2. The number of ketones is 1. The number of nitrogens with one attached hydrogen (secondary N) is 2. The molecule has 14 nitrogen and oxygen atoms in total. The zero-order valence-electron chi connectivity index (χ0n) is 46.1. The molecule has 3 aromatic carbocycles. The van der Waals surface area contributed by atoms with Crippen molar-refractivity contribution in [3.8, 4) is 26.8 Å². The fourth-order valence-electron chi connectivity index (χ4n) is 10.4. The van der Waals surface area contributed by atoms with E-state index >= 15 is 0 Å². The van der Waals surface area contributed by atoms with E-state index in [0.717, 1.165) is 69.8 Å². The van der Waals surface area contributed by atoms with E-state index < -0.39 is 24.3 Å². The molecule has 8 aromatic heterocycles. The van der Waals surface area contributed by atoms with Crippen molar-refractivity contribution < 1.29 is 23.9 Å². The van der Waals surface area contributed by atoms with Crippen LogP contribution in [0.5, 0.6) is 5.88 Å². The summed E-state index contributed by atoms with van der Waals surface area (Å²) in [6, 6.07) is 37.4. The Morgan fingerprint density at radius 3 is 1.58 bits per heavy atom. The van der Waals surface area contributed by atoms with Crippen molar-refractivity contribution in [3.05, 3.63) is 236 Å². The SMILES string of the molecule is CCc1c(C(=O)C(N)=O)c2c(OCC(=O)OC)nc(C)cn2c1Cc1ccccc1-c1cccs1.CCc1cc2c(=O)[nH]c(C)cn2c1Cc1ccccc1-c1cccs1.CCc1cc2c(=O)[nH]c(C)cn2c1Cc1ccccc1I. The summed E-state index contributed by atoms with van der Waals surface area (Å²) in [5.74, 6) is -2.43. The Kier molecular flexibility index (Phi) is 18.2. The van der Waals surface area contributed by atoms with Gasteiger partial charge >= 0.3 is 5.97 Å². The molecule has 0 aliphatic rings. The number of hydrogen-bond acceptors (Lipinski definition) is 10. The van der Waals surface area contributed by atoms with Gasteiger partial charge in [0.2, 0.25) is 5.88 Å². The van der Waals surface area contributed by atoms with E-state index in [0.29, 0.717) is 29.6 Å². The number of aryl methyl sites for hydroxylation is 5. The highest BCUT2D eigenvalue weighted by atomic mass is 127. The maximum absolute atomic E-state index is 13.0. The number of thiophene rings is 2. The van der Waals surface area contributed by atoms with Crippen LogP contribution < -0.4 is 21.6 Å². The molecule has 0 aliphatic carbocycles. The van der Waals surface area contributed by atoms with E-state index in [1.807, 2.05) is 79.3 Å². The Balaban J connectivity index is 0.000000152. The van der Waals surface area contributed by atoms with Gasteiger partial charge in [0.1, 0.15) is 16.6 Å². The zero-order chi connectivity index (χ0) is 57.5. The molecule has 1 amide bonds. The fourth-order valence-corrected chi connectivity index (χ4v) is 12.6. The number of halogens is 1. The van der Waals surface area contributed by atoms with Crippen LogP contribution in [0.4, 0.5) is 0 Å². The standard InChI is InChI=1S/C26H25N3O5S.C21H20N2OS.C17H17IN2O/c1-4-17-19(12-16-8-5-6-9-18(16)20-10-7-11-35-20)29-13-15(2)28-26(34-14-21(30)33-3)23(29)22(17)24(31)25(27)32;1-3-15-11-19-21(24)22-14(2)13-23(19)18(15)12-16-7-4-5-8-17(16)20-9-6-10-25-20;1-3-12-8-16-17(21)19-11(2)10-20(16)15(12)9-13-6-4-5-7-14(13)18/h5-11,13H,4,12,14H2,1-3H3,(H2,27,32);4-11,13H,3,12H2,1-2H3,(H,22,24);4-8,10H,3,9H2,1-2H3,(H,19,21). The maximum Gasteiger partial charge on any atom is 0.343 e. The number of amides is 1. The number of aromatic nitrogens is 6. The molecule has 0 fully saturated rings. The van der Waals surface area contributed by atoms with Crippen LogP contribution >= 0.6 is 45.3 Å². The molecule has 11 rings (SSSR count). The second-order valence-corrected chi connectivity index (χ2v) is 22.5. The molecule has 81 heavy (non-hydrogen) atoms. The normalized spacial score (nSPS) is 11.1. The van der Waals surface area contributed by atoms with E-state index in [2.05, 4.69) is 143 Å². The Morgan fingerprint density at radius 1 is 0.617 bits per heavy atom. The Morgan fingerprint density at radius 2 is 1.11 bits per heavy atom. The minimum absolute atomic E-state index is 0.0151. The molecule has 17 heteroatoms. The molecule has 0 radical (unpaired) electrons.